The van der Waals surface area contributed by atoms with E-state index >= 15 is 0 Å². The van der Waals surface area contributed by atoms with Crippen LogP contribution in [0.3, 0.4) is 0 Å². The van der Waals surface area contributed by atoms with Crippen molar-refractivity contribution in [3.63, 3.8) is 0 Å². The summed E-state index contributed by atoms with van der Waals surface area (Å²) in [5, 5.41) is 0. The zero-order valence-electron chi connectivity index (χ0n) is 7.04. The van der Waals surface area contributed by atoms with Gasteiger partial charge in [-0.1, -0.05) is 42.5 Å². The molecule has 0 amide bonds. The van der Waals surface area contributed by atoms with Gasteiger partial charge in [-0.25, -0.2) is 0 Å². The summed E-state index contributed by atoms with van der Waals surface area (Å²) in [5.41, 5.74) is 1.39. The Hall–Kier alpha value is -0.750. The minimum Gasteiger partial charge on any atom is -0.122 e. The summed E-state index contributed by atoms with van der Waals surface area (Å²) >= 11 is 5.50. The summed E-state index contributed by atoms with van der Waals surface area (Å²) in [6, 6.07) is 10.5. The normalized spacial score (nSPS) is 10.8. The summed E-state index contributed by atoms with van der Waals surface area (Å²) < 4.78 is 0. The Morgan fingerprint density at radius 2 is 1.83 bits per heavy atom. The standard InChI is InChI=1S/C11H13Cl/c12-10-6-2-5-9-11-7-3-1-4-8-11/h1-4,6-8H,5,9-10H2. The highest BCUT2D eigenvalue weighted by atomic mass is 35.5. The van der Waals surface area contributed by atoms with Gasteiger partial charge < -0.3 is 0 Å². The van der Waals surface area contributed by atoms with E-state index in [0.29, 0.717) is 5.88 Å². The fraction of sp³-hybridized carbons (Fsp3) is 0.273. The molecular formula is C11H13Cl. The van der Waals surface area contributed by atoms with E-state index in [2.05, 4.69) is 30.3 Å². The highest BCUT2D eigenvalue weighted by Gasteiger charge is 1.86. The molecule has 12 heavy (non-hydrogen) atoms. The number of benzene rings is 1. The van der Waals surface area contributed by atoms with Crippen molar-refractivity contribution >= 4 is 11.6 Å². The molecule has 0 heterocycles. The fourth-order valence-corrected chi connectivity index (χ4v) is 1.20. The van der Waals surface area contributed by atoms with Gasteiger partial charge in [0, 0.05) is 5.88 Å². The Balaban J connectivity index is 2.29. The maximum atomic E-state index is 5.50. The van der Waals surface area contributed by atoms with Crippen LogP contribution in [-0.4, -0.2) is 5.88 Å². The van der Waals surface area contributed by atoms with Gasteiger partial charge in [0.25, 0.3) is 0 Å². The van der Waals surface area contributed by atoms with Crippen molar-refractivity contribution < 1.29 is 0 Å². The lowest BCUT2D eigenvalue weighted by Crippen LogP contribution is -1.81. The zero-order valence-corrected chi connectivity index (χ0v) is 7.80. The molecule has 64 valence electrons. The minimum atomic E-state index is 0.620. The maximum absolute atomic E-state index is 5.50. The average molecular weight is 181 g/mol. The number of alkyl halides is 1. The van der Waals surface area contributed by atoms with Gasteiger partial charge in [0.15, 0.2) is 0 Å². The summed E-state index contributed by atoms with van der Waals surface area (Å²) in [4.78, 5) is 0. The SMILES string of the molecule is ClCC=CCCc1ccccc1. The van der Waals surface area contributed by atoms with Crippen LogP contribution in [-0.2, 0) is 6.42 Å². The fourth-order valence-electron chi connectivity index (χ4n) is 1.08. The van der Waals surface area contributed by atoms with Gasteiger partial charge in [-0.2, -0.15) is 0 Å². The van der Waals surface area contributed by atoms with Crippen molar-refractivity contribution in [2.75, 3.05) is 5.88 Å². The first-order valence-electron chi connectivity index (χ1n) is 4.18. The molecule has 1 heteroatoms. The van der Waals surface area contributed by atoms with Gasteiger partial charge in [0.1, 0.15) is 0 Å². The van der Waals surface area contributed by atoms with Crippen molar-refractivity contribution in [3.05, 3.63) is 48.0 Å². The number of hydrogen-bond donors (Lipinski definition) is 0. The third kappa shape index (κ3) is 3.59. The molecule has 0 saturated heterocycles. The molecule has 0 nitrogen and oxygen atoms in total. The molecule has 0 aliphatic carbocycles. The zero-order chi connectivity index (χ0) is 8.65. The van der Waals surface area contributed by atoms with E-state index in [9.17, 15) is 0 Å². The van der Waals surface area contributed by atoms with Crippen LogP contribution in [0.5, 0.6) is 0 Å². The topological polar surface area (TPSA) is 0 Å². The van der Waals surface area contributed by atoms with Crippen LogP contribution in [0.2, 0.25) is 0 Å². The van der Waals surface area contributed by atoms with E-state index in [1.54, 1.807) is 0 Å². The van der Waals surface area contributed by atoms with Crippen molar-refractivity contribution in [2.24, 2.45) is 0 Å². The summed E-state index contributed by atoms with van der Waals surface area (Å²) in [6.07, 6.45) is 6.30. The molecule has 0 aromatic heterocycles. The van der Waals surface area contributed by atoms with E-state index < -0.39 is 0 Å². The van der Waals surface area contributed by atoms with E-state index in [1.807, 2.05) is 12.1 Å². The lowest BCUT2D eigenvalue weighted by atomic mass is 10.1. The average Bonchev–Trinajstić information content (AvgIpc) is 2.14. The molecule has 0 fully saturated rings. The maximum Gasteiger partial charge on any atom is 0.0404 e. The summed E-state index contributed by atoms with van der Waals surface area (Å²) in [6.45, 7) is 0. The Kier molecular flexibility index (Phi) is 4.55. The monoisotopic (exact) mass is 180 g/mol. The molecule has 1 rings (SSSR count). The molecule has 0 aliphatic rings. The Morgan fingerprint density at radius 3 is 2.50 bits per heavy atom. The van der Waals surface area contributed by atoms with Gasteiger partial charge >= 0.3 is 0 Å². The third-order valence-electron chi connectivity index (χ3n) is 1.70. The number of rotatable bonds is 4. The van der Waals surface area contributed by atoms with Crippen molar-refractivity contribution in [2.45, 2.75) is 12.8 Å². The Labute approximate surface area is 78.9 Å². The van der Waals surface area contributed by atoms with Crippen LogP contribution < -0.4 is 0 Å². The third-order valence-corrected chi connectivity index (χ3v) is 1.88. The Morgan fingerprint density at radius 1 is 1.08 bits per heavy atom. The molecule has 0 saturated carbocycles. The quantitative estimate of drug-likeness (QED) is 0.492. The molecule has 0 unspecified atom stereocenters. The van der Waals surface area contributed by atoms with Crippen LogP contribution in [0.4, 0.5) is 0 Å². The molecule has 1 aromatic rings. The molecule has 1 aromatic carbocycles. The smallest absolute Gasteiger partial charge is 0.0404 e. The van der Waals surface area contributed by atoms with Crippen LogP contribution in [0.1, 0.15) is 12.0 Å². The molecule has 0 bridgehead atoms. The van der Waals surface area contributed by atoms with Crippen LogP contribution in [0.25, 0.3) is 0 Å². The molecule has 0 aliphatic heterocycles. The highest BCUT2D eigenvalue weighted by Crippen LogP contribution is 2.02. The van der Waals surface area contributed by atoms with Gasteiger partial charge in [-0.05, 0) is 18.4 Å². The first-order chi connectivity index (χ1) is 5.93. The predicted molar refractivity (Wildman–Crippen MR) is 54.6 cm³/mol. The first kappa shape index (κ1) is 9.34. The largest absolute Gasteiger partial charge is 0.122 e. The second-order valence-electron chi connectivity index (χ2n) is 2.65. The molecule has 0 atom stereocenters. The lowest BCUT2D eigenvalue weighted by molar-refractivity contribution is 1.000. The Bertz CT molecular complexity index is 226. The number of allylic oxidation sites excluding steroid dienone is 2. The lowest BCUT2D eigenvalue weighted by Gasteiger charge is -1.95. The van der Waals surface area contributed by atoms with Crippen LogP contribution in [0, 0.1) is 0 Å². The van der Waals surface area contributed by atoms with E-state index in [0.717, 1.165) is 12.8 Å². The number of hydrogen-bond acceptors (Lipinski definition) is 0. The minimum absolute atomic E-state index is 0.620. The molecule has 0 spiro atoms. The second-order valence-corrected chi connectivity index (χ2v) is 2.96. The van der Waals surface area contributed by atoms with Crippen molar-refractivity contribution in [1.29, 1.82) is 0 Å². The van der Waals surface area contributed by atoms with Gasteiger partial charge in [0.2, 0.25) is 0 Å². The van der Waals surface area contributed by atoms with Crippen LogP contribution in [0.15, 0.2) is 42.5 Å². The molecular weight excluding hydrogens is 168 g/mol. The van der Waals surface area contributed by atoms with Crippen molar-refractivity contribution in [1.82, 2.24) is 0 Å². The van der Waals surface area contributed by atoms with E-state index in [-0.39, 0.29) is 0 Å². The number of halogens is 1. The molecule has 0 N–H and O–H groups in total. The first-order valence-corrected chi connectivity index (χ1v) is 4.72. The van der Waals surface area contributed by atoms with E-state index in [1.165, 1.54) is 5.56 Å². The summed E-state index contributed by atoms with van der Waals surface area (Å²) in [5.74, 6) is 0.620. The van der Waals surface area contributed by atoms with Crippen LogP contribution >= 0.6 is 11.6 Å². The van der Waals surface area contributed by atoms with Gasteiger partial charge in [-0.15, -0.1) is 11.6 Å². The molecule has 0 radical (unpaired) electrons. The predicted octanol–water partition coefficient (Wildman–Crippen LogP) is 3.41. The van der Waals surface area contributed by atoms with Crippen molar-refractivity contribution in [3.8, 4) is 0 Å². The number of aryl methyl sites for hydroxylation is 1. The van der Waals surface area contributed by atoms with Gasteiger partial charge in [0.05, 0.1) is 0 Å². The highest BCUT2D eigenvalue weighted by molar-refractivity contribution is 6.18. The summed E-state index contributed by atoms with van der Waals surface area (Å²) in [7, 11) is 0. The second kappa shape index (κ2) is 5.84. The van der Waals surface area contributed by atoms with Gasteiger partial charge in [-0.3, -0.25) is 0 Å². The van der Waals surface area contributed by atoms with E-state index in [4.69, 9.17) is 11.6 Å².